The van der Waals surface area contributed by atoms with Crippen LogP contribution < -0.4 is 4.74 Å². The summed E-state index contributed by atoms with van der Waals surface area (Å²) in [5, 5.41) is 9.04. The van der Waals surface area contributed by atoms with Crippen molar-refractivity contribution in [2.45, 2.75) is 30.9 Å². The second-order valence-electron chi connectivity index (χ2n) is 4.19. The van der Waals surface area contributed by atoms with Crippen LogP contribution in [0.25, 0.3) is 0 Å². The van der Waals surface area contributed by atoms with Crippen molar-refractivity contribution in [1.29, 1.82) is 0 Å². The number of carbonyl (C=O) groups excluding carboxylic acids is 1. The average Bonchev–Trinajstić information content (AvgIpc) is 2.83. The van der Waals surface area contributed by atoms with Gasteiger partial charge >= 0.3 is 0 Å². The van der Waals surface area contributed by atoms with Gasteiger partial charge in [-0.25, -0.2) is 0 Å². The Labute approximate surface area is 126 Å². The zero-order valence-corrected chi connectivity index (χ0v) is 13.3. The Hall–Kier alpha value is -1.40. The van der Waals surface area contributed by atoms with E-state index in [9.17, 15) is 4.79 Å². The molecule has 0 atom stereocenters. The molecule has 0 bridgehead atoms. The summed E-state index contributed by atoms with van der Waals surface area (Å²) >= 11 is 3.18. The number of thioether (sulfide) groups is 1. The molecule has 0 spiro atoms. The number of aryl methyl sites for hydroxylation is 1. The van der Waals surface area contributed by atoms with Gasteiger partial charge in [-0.15, -0.1) is 10.2 Å². The molecule has 0 fully saturated rings. The van der Waals surface area contributed by atoms with Crippen LogP contribution in [0, 0.1) is 6.92 Å². The van der Waals surface area contributed by atoms with Gasteiger partial charge in [-0.2, -0.15) is 0 Å². The maximum absolute atomic E-state index is 11.5. The molecule has 0 amide bonds. The van der Waals surface area contributed by atoms with E-state index in [-0.39, 0.29) is 5.78 Å². The monoisotopic (exact) mass is 308 g/mol. The maximum atomic E-state index is 11.5. The van der Waals surface area contributed by atoms with Crippen LogP contribution in [0.2, 0.25) is 0 Å². The Morgan fingerprint density at radius 2 is 2.20 bits per heavy atom. The van der Waals surface area contributed by atoms with E-state index < -0.39 is 0 Å². The molecule has 106 valence electrons. The molecular weight excluding hydrogens is 292 g/mol. The fourth-order valence-corrected chi connectivity index (χ4v) is 3.48. The van der Waals surface area contributed by atoms with E-state index in [1.54, 1.807) is 36.1 Å². The van der Waals surface area contributed by atoms with Crippen LogP contribution in [-0.2, 0) is 5.75 Å². The SMILES string of the molecule is CCOc1ccc(C(C)=O)cc1CSc1nnc(C)s1. The molecule has 0 aliphatic heterocycles. The smallest absolute Gasteiger partial charge is 0.174 e. The lowest BCUT2D eigenvalue weighted by molar-refractivity contribution is 0.101. The number of rotatable bonds is 6. The second kappa shape index (κ2) is 6.85. The molecule has 0 saturated carbocycles. The molecule has 0 aliphatic carbocycles. The van der Waals surface area contributed by atoms with Gasteiger partial charge in [0.05, 0.1) is 6.61 Å². The third kappa shape index (κ3) is 3.80. The highest BCUT2D eigenvalue weighted by atomic mass is 32.2. The fourth-order valence-electron chi connectivity index (χ4n) is 1.68. The van der Waals surface area contributed by atoms with Gasteiger partial charge in [0.15, 0.2) is 10.1 Å². The van der Waals surface area contributed by atoms with E-state index in [0.717, 1.165) is 20.7 Å². The Morgan fingerprint density at radius 3 is 2.80 bits per heavy atom. The van der Waals surface area contributed by atoms with Crippen LogP contribution in [0.5, 0.6) is 5.75 Å². The van der Waals surface area contributed by atoms with Gasteiger partial charge in [-0.3, -0.25) is 4.79 Å². The highest BCUT2D eigenvalue weighted by molar-refractivity contribution is 8.00. The van der Waals surface area contributed by atoms with Crippen LogP contribution in [0.4, 0.5) is 0 Å². The summed E-state index contributed by atoms with van der Waals surface area (Å²) in [5.74, 6) is 1.60. The lowest BCUT2D eigenvalue weighted by Gasteiger charge is -2.10. The lowest BCUT2D eigenvalue weighted by Crippen LogP contribution is -1.99. The normalized spacial score (nSPS) is 10.6. The summed E-state index contributed by atoms with van der Waals surface area (Å²) < 4.78 is 6.54. The number of nitrogens with zero attached hydrogens (tertiary/aromatic N) is 2. The zero-order chi connectivity index (χ0) is 14.5. The number of ketones is 1. The minimum Gasteiger partial charge on any atom is -0.494 e. The zero-order valence-electron chi connectivity index (χ0n) is 11.7. The van der Waals surface area contributed by atoms with Crippen LogP contribution in [0.15, 0.2) is 22.5 Å². The van der Waals surface area contributed by atoms with Crippen LogP contribution in [-0.4, -0.2) is 22.6 Å². The van der Waals surface area contributed by atoms with Crippen molar-refractivity contribution < 1.29 is 9.53 Å². The van der Waals surface area contributed by atoms with Gasteiger partial charge in [0.2, 0.25) is 0 Å². The standard InChI is InChI=1S/C14H16N2O2S2/c1-4-18-13-6-5-11(9(2)17)7-12(13)8-19-14-16-15-10(3)20-14/h5-7H,4,8H2,1-3H3. The van der Waals surface area contributed by atoms with Crippen molar-refractivity contribution in [3.05, 3.63) is 34.3 Å². The first-order chi connectivity index (χ1) is 9.60. The topological polar surface area (TPSA) is 52.1 Å². The number of hydrogen-bond donors (Lipinski definition) is 0. The molecule has 1 heterocycles. The Bertz CT molecular complexity index is 611. The molecule has 1 aromatic heterocycles. The van der Waals surface area contributed by atoms with Crippen molar-refractivity contribution >= 4 is 28.9 Å². The van der Waals surface area contributed by atoms with E-state index in [2.05, 4.69) is 10.2 Å². The molecule has 4 nitrogen and oxygen atoms in total. The van der Waals surface area contributed by atoms with E-state index in [1.807, 2.05) is 26.0 Å². The number of aromatic nitrogens is 2. The Morgan fingerprint density at radius 1 is 1.40 bits per heavy atom. The van der Waals surface area contributed by atoms with E-state index in [0.29, 0.717) is 17.9 Å². The van der Waals surface area contributed by atoms with Crippen molar-refractivity contribution in [3.63, 3.8) is 0 Å². The summed E-state index contributed by atoms with van der Waals surface area (Å²) in [6, 6.07) is 5.56. The molecular formula is C14H16N2O2S2. The highest BCUT2D eigenvalue weighted by Crippen LogP contribution is 2.30. The average molecular weight is 308 g/mol. The summed E-state index contributed by atoms with van der Waals surface area (Å²) in [7, 11) is 0. The van der Waals surface area contributed by atoms with E-state index in [1.165, 1.54) is 0 Å². The number of Topliss-reactive ketones (excluding diaryl/α,β-unsaturated/α-hetero) is 1. The quantitative estimate of drug-likeness (QED) is 0.601. The van der Waals surface area contributed by atoms with Crippen LogP contribution in [0.3, 0.4) is 0 Å². The molecule has 0 N–H and O–H groups in total. The lowest BCUT2D eigenvalue weighted by atomic mass is 10.1. The summed E-state index contributed by atoms with van der Waals surface area (Å²) in [4.78, 5) is 11.5. The van der Waals surface area contributed by atoms with Crippen molar-refractivity contribution in [2.24, 2.45) is 0 Å². The second-order valence-corrected chi connectivity index (χ2v) is 6.59. The number of carbonyl (C=O) groups is 1. The minimum absolute atomic E-state index is 0.0612. The molecule has 0 unspecified atom stereocenters. The predicted molar refractivity (Wildman–Crippen MR) is 81.8 cm³/mol. The largest absolute Gasteiger partial charge is 0.494 e. The molecule has 2 aromatic rings. The van der Waals surface area contributed by atoms with Crippen molar-refractivity contribution in [3.8, 4) is 5.75 Å². The molecule has 0 radical (unpaired) electrons. The Kier molecular flexibility index (Phi) is 5.14. The minimum atomic E-state index is 0.0612. The van der Waals surface area contributed by atoms with Gasteiger partial charge in [0.1, 0.15) is 10.8 Å². The van der Waals surface area contributed by atoms with Crippen molar-refractivity contribution in [1.82, 2.24) is 10.2 Å². The first-order valence-electron chi connectivity index (χ1n) is 6.29. The highest BCUT2D eigenvalue weighted by Gasteiger charge is 2.10. The molecule has 20 heavy (non-hydrogen) atoms. The predicted octanol–water partition coefficient (Wildman–Crippen LogP) is 3.74. The number of hydrogen-bond acceptors (Lipinski definition) is 6. The van der Waals surface area contributed by atoms with Gasteiger partial charge in [0.25, 0.3) is 0 Å². The number of benzene rings is 1. The maximum Gasteiger partial charge on any atom is 0.174 e. The molecule has 1 aromatic carbocycles. The van der Waals surface area contributed by atoms with Gasteiger partial charge in [-0.1, -0.05) is 23.1 Å². The first-order valence-corrected chi connectivity index (χ1v) is 8.10. The molecule has 0 saturated heterocycles. The van der Waals surface area contributed by atoms with Gasteiger partial charge < -0.3 is 4.74 Å². The fraction of sp³-hybridized carbons (Fsp3) is 0.357. The molecule has 0 aliphatic rings. The third-order valence-electron chi connectivity index (χ3n) is 2.63. The number of ether oxygens (including phenoxy) is 1. The molecule has 2 rings (SSSR count). The first kappa shape index (κ1) is 15.0. The summed E-state index contributed by atoms with van der Waals surface area (Å²) in [6.07, 6.45) is 0. The third-order valence-corrected chi connectivity index (χ3v) is 4.65. The summed E-state index contributed by atoms with van der Waals surface area (Å²) in [5.41, 5.74) is 1.72. The van der Waals surface area contributed by atoms with E-state index >= 15 is 0 Å². The van der Waals surface area contributed by atoms with Gasteiger partial charge in [0, 0.05) is 16.9 Å². The Balaban J connectivity index is 2.18. The van der Waals surface area contributed by atoms with Gasteiger partial charge in [-0.05, 0) is 39.0 Å². The molecule has 6 heteroatoms. The van der Waals surface area contributed by atoms with Crippen molar-refractivity contribution in [2.75, 3.05) is 6.61 Å². The van der Waals surface area contributed by atoms with Crippen LogP contribution >= 0.6 is 23.1 Å². The van der Waals surface area contributed by atoms with E-state index in [4.69, 9.17) is 4.74 Å². The van der Waals surface area contributed by atoms with Crippen LogP contribution in [0.1, 0.15) is 34.8 Å². The summed E-state index contributed by atoms with van der Waals surface area (Å²) in [6.45, 7) is 6.06.